The summed E-state index contributed by atoms with van der Waals surface area (Å²) in [7, 11) is 0. The van der Waals surface area contributed by atoms with E-state index in [2.05, 4.69) is 0 Å². The molecule has 1 rings (SSSR count). The number of hydrogen-bond donors (Lipinski definition) is 0. The van der Waals surface area contributed by atoms with Crippen LogP contribution < -0.4 is 0 Å². The van der Waals surface area contributed by atoms with Crippen molar-refractivity contribution in [3.8, 4) is 0 Å². The zero-order valence-electron chi connectivity index (χ0n) is 11.0. The molecule has 1 saturated carbocycles. The lowest BCUT2D eigenvalue weighted by molar-refractivity contribution is -0.147. The normalized spacial score (nSPS) is 18.0. The van der Waals surface area contributed by atoms with Crippen LogP contribution in [-0.2, 0) is 14.3 Å². The maximum absolute atomic E-state index is 12.1. The number of hydrogen-bond acceptors (Lipinski definition) is 3. The minimum atomic E-state index is -0.214. The number of Topliss-reactive ketones (excluding diaryl/α,β-unsaturated/α-hetero) is 1. The van der Waals surface area contributed by atoms with Gasteiger partial charge in [0, 0.05) is 12.3 Å². The molecule has 3 nitrogen and oxygen atoms in total. The average Bonchev–Trinajstić information content (AvgIpc) is 2.79. The molecular formula is C14H24O3. The maximum atomic E-state index is 12.1. The Hall–Kier alpha value is -0.860. The van der Waals surface area contributed by atoms with Gasteiger partial charge in [0.2, 0.25) is 0 Å². The zero-order chi connectivity index (χ0) is 12.7. The van der Waals surface area contributed by atoms with E-state index in [0.717, 1.165) is 19.3 Å². The first kappa shape index (κ1) is 14.2. The van der Waals surface area contributed by atoms with E-state index in [1.807, 2.05) is 6.92 Å². The molecule has 1 unspecified atom stereocenters. The Balaban J connectivity index is 2.57. The van der Waals surface area contributed by atoms with Crippen LogP contribution >= 0.6 is 0 Å². The zero-order valence-corrected chi connectivity index (χ0v) is 11.0. The molecule has 1 aliphatic carbocycles. The van der Waals surface area contributed by atoms with Crippen molar-refractivity contribution in [3.63, 3.8) is 0 Å². The SMILES string of the molecule is CCCC(=O)C(CC(=O)OCC)C1CCCC1. The molecule has 1 aliphatic rings. The van der Waals surface area contributed by atoms with Gasteiger partial charge in [0.15, 0.2) is 0 Å². The molecule has 0 spiro atoms. The predicted octanol–water partition coefficient (Wildman–Crippen LogP) is 3.12. The van der Waals surface area contributed by atoms with Crippen molar-refractivity contribution < 1.29 is 14.3 Å². The third-order valence-electron chi connectivity index (χ3n) is 3.57. The minimum absolute atomic E-state index is 0.0866. The molecule has 3 heteroatoms. The summed E-state index contributed by atoms with van der Waals surface area (Å²) in [6.07, 6.45) is 6.34. The van der Waals surface area contributed by atoms with E-state index in [0.29, 0.717) is 18.9 Å². The van der Waals surface area contributed by atoms with Crippen LogP contribution in [0.15, 0.2) is 0 Å². The summed E-state index contributed by atoms with van der Waals surface area (Å²) in [5, 5.41) is 0. The highest BCUT2D eigenvalue weighted by Gasteiger charge is 2.31. The largest absolute Gasteiger partial charge is 0.466 e. The fraction of sp³-hybridized carbons (Fsp3) is 0.857. The Labute approximate surface area is 104 Å². The first-order chi connectivity index (χ1) is 8.19. The molecule has 1 atom stereocenters. The molecule has 1 fully saturated rings. The van der Waals surface area contributed by atoms with E-state index in [1.165, 1.54) is 12.8 Å². The molecule has 0 radical (unpaired) electrons. The van der Waals surface area contributed by atoms with Crippen LogP contribution in [0.4, 0.5) is 0 Å². The molecular weight excluding hydrogens is 216 g/mol. The highest BCUT2D eigenvalue weighted by Crippen LogP contribution is 2.34. The first-order valence-electron chi connectivity index (χ1n) is 6.87. The van der Waals surface area contributed by atoms with Gasteiger partial charge in [0.05, 0.1) is 13.0 Å². The monoisotopic (exact) mass is 240 g/mol. The first-order valence-corrected chi connectivity index (χ1v) is 6.87. The highest BCUT2D eigenvalue weighted by atomic mass is 16.5. The summed E-state index contributed by atoms with van der Waals surface area (Å²) >= 11 is 0. The average molecular weight is 240 g/mol. The van der Waals surface area contributed by atoms with E-state index < -0.39 is 0 Å². The second-order valence-corrected chi connectivity index (χ2v) is 4.88. The van der Waals surface area contributed by atoms with Crippen molar-refractivity contribution in [1.82, 2.24) is 0 Å². The smallest absolute Gasteiger partial charge is 0.306 e. The Morgan fingerprint density at radius 1 is 1.24 bits per heavy atom. The summed E-state index contributed by atoms with van der Waals surface area (Å²) in [5.41, 5.74) is 0. The number of rotatable bonds is 7. The van der Waals surface area contributed by atoms with Crippen LogP contribution in [0.3, 0.4) is 0 Å². The number of ketones is 1. The van der Waals surface area contributed by atoms with Crippen molar-refractivity contribution in [2.24, 2.45) is 11.8 Å². The lowest BCUT2D eigenvalue weighted by Gasteiger charge is -2.21. The van der Waals surface area contributed by atoms with E-state index in [9.17, 15) is 9.59 Å². The van der Waals surface area contributed by atoms with Gasteiger partial charge in [-0.15, -0.1) is 0 Å². The Morgan fingerprint density at radius 3 is 2.41 bits per heavy atom. The third-order valence-corrected chi connectivity index (χ3v) is 3.57. The number of carbonyl (C=O) groups is 2. The van der Waals surface area contributed by atoms with Crippen LogP contribution in [-0.4, -0.2) is 18.4 Å². The molecule has 98 valence electrons. The molecule has 0 heterocycles. The fourth-order valence-electron chi connectivity index (χ4n) is 2.73. The van der Waals surface area contributed by atoms with Crippen LogP contribution in [0.25, 0.3) is 0 Å². The molecule has 0 aromatic carbocycles. The van der Waals surface area contributed by atoms with E-state index in [-0.39, 0.29) is 24.1 Å². The maximum Gasteiger partial charge on any atom is 0.306 e. The van der Waals surface area contributed by atoms with Gasteiger partial charge in [-0.05, 0) is 32.1 Å². The molecule has 17 heavy (non-hydrogen) atoms. The predicted molar refractivity (Wildman–Crippen MR) is 66.6 cm³/mol. The Bertz CT molecular complexity index is 254. The highest BCUT2D eigenvalue weighted by molar-refractivity contribution is 5.85. The number of carbonyl (C=O) groups excluding carboxylic acids is 2. The Morgan fingerprint density at radius 2 is 1.88 bits per heavy atom. The molecule has 0 aromatic rings. The van der Waals surface area contributed by atoms with Crippen molar-refractivity contribution in [1.29, 1.82) is 0 Å². The molecule has 0 saturated heterocycles. The second-order valence-electron chi connectivity index (χ2n) is 4.88. The molecule has 0 aliphatic heterocycles. The second kappa shape index (κ2) is 7.46. The minimum Gasteiger partial charge on any atom is -0.466 e. The lowest BCUT2D eigenvalue weighted by atomic mass is 9.83. The van der Waals surface area contributed by atoms with E-state index >= 15 is 0 Å². The summed E-state index contributed by atoms with van der Waals surface area (Å²) in [5.74, 6) is 0.372. The lowest BCUT2D eigenvalue weighted by Crippen LogP contribution is -2.26. The number of esters is 1. The quantitative estimate of drug-likeness (QED) is 0.642. The van der Waals surface area contributed by atoms with Gasteiger partial charge in [0.25, 0.3) is 0 Å². The standard InChI is InChI=1S/C14H24O3/c1-3-7-13(15)12(10-14(16)17-4-2)11-8-5-6-9-11/h11-12H,3-10H2,1-2H3. The van der Waals surface area contributed by atoms with Gasteiger partial charge in [-0.2, -0.15) is 0 Å². The van der Waals surface area contributed by atoms with Crippen LogP contribution in [0.1, 0.15) is 58.8 Å². The van der Waals surface area contributed by atoms with Crippen molar-refractivity contribution >= 4 is 11.8 Å². The molecule has 0 N–H and O–H groups in total. The van der Waals surface area contributed by atoms with Gasteiger partial charge in [0.1, 0.15) is 5.78 Å². The summed E-state index contributed by atoms with van der Waals surface area (Å²) in [6.45, 7) is 4.21. The summed E-state index contributed by atoms with van der Waals surface area (Å²) in [6, 6.07) is 0. The van der Waals surface area contributed by atoms with Crippen LogP contribution in [0.2, 0.25) is 0 Å². The van der Waals surface area contributed by atoms with Crippen molar-refractivity contribution in [2.45, 2.75) is 58.8 Å². The Kier molecular flexibility index (Phi) is 6.23. The summed E-state index contributed by atoms with van der Waals surface area (Å²) < 4.78 is 4.97. The van der Waals surface area contributed by atoms with Gasteiger partial charge in [-0.25, -0.2) is 0 Å². The van der Waals surface area contributed by atoms with Gasteiger partial charge >= 0.3 is 5.97 Å². The van der Waals surface area contributed by atoms with Crippen LogP contribution in [0, 0.1) is 11.8 Å². The fourth-order valence-corrected chi connectivity index (χ4v) is 2.73. The third kappa shape index (κ3) is 4.49. The van der Waals surface area contributed by atoms with Gasteiger partial charge in [-0.3, -0.25) is 9.59 Å². The molecule has 0 amide bonds. The van der Waals surface area contributed by atoms with E-state index in [1.54, 1.807) is 6.92 Å². The van der Waals surface area contributed by atoms with Crippen LogP contribution in [0.5, 0.6) is 0 Å². The van der Waals surface area contributed by atoms with E-state index in [4.69, 9.17) is 4.74 Å². The summed E-state index contributed by atoms with van der Waals surface area (Å²) in [4.78, 5) is 23.6. The number of ether oxygens (including phenoxy) is 1. The van der Waals surface area contributed by atoms with Crippen molar-refractivity contribution in [2.75, 3.05) is 6.61 Å². The van der Waals surface area contributed by atoms with Gasteiger partial charge < -0.3 is 4.74 Å². The molecule has 0 bridgehead atoms. The molecule has 0 aromatic heterocycles. The topological polar surface area (TPSA) is 43.4 Å². The van der Waals surface area contributed by atoms with Gasteiger partial charge in [-0.1, -0.05) is 19.8 Å². The van der Waals surface area contributed by atoms with Crippen molar-refractivity contribution in [3.05, 3.63) is 0 Å².